The molecule has 0 atom stereocenters. The van der Waals surface area contributed by atoms with Crippen molar-refractivity contribution < 1.29 is 15.0 Å². The summed E-state index contributed by atoms with van der Waals surface area (Å²) in [6.45, 7) is 0.171. The van der Waals surface area contributed by atoms with E-state index in [0.717, 1.165) is 0 Å². The van der Waals surface area contributed by atoms with E-state index in [1.165, 1.54) is 24.3 Å². The van der Waals surface area contributed by atoms with Crippen LogP contribution in [0.4, 0.5) is 0 Å². The molecule has 0 aromatic heterocycles. The second-order valence-electron chi connectivity index (χ2n) is 3.00. The van der Waals surface area contributed by atoms with Crippen molar-refractivity contribution in [2.45, 2.75) is 0 Å². The van der Waals surface area contributed by atoms with Gasteiger partial charge in [0.15, 0.2) is 11.5 Å². The first kappa shape index (κ1) is 11.7. The molecule has 0 bridgehead atoms. The van der Waals surface area contributed by atoms with E-state index < -0.39 is 0 Å². The Morgan fingerprint density at radius 2 is 2.19 bits per heavy atom. The molecule has 1 amide bonds. The number of hydrogen-bond acceptors (Lipinski definition) is 3. The number of terminal acetylenes is 1. The SMILES string of the molecule is C#CCNC(=O)C=Cc1ccc(O)c(O)c1. The Bertz CT molecular complexity index is 458. The number of nitrogens with one attached hydrogen (secondary N) is 1. The maximum atomic E-state index is 11.1. The summed E-state index contributed by atoms with van der Waals surface area (Å²) in [7, 11) is 0. The maximum absolute atomic E-state index is 11.1. The molecule has 4 nitrogen and oxygen atoms in total. The molecule has 16 heavy (non-hydrogen) atoms. The smallest absolute Gasteiger partial charge is 0.244 e. The second-order valence-corrected chi connectivity index (χ2v) is 3.00. The number of carbonyl (C=O) groups is 1. The molecular formula is C12H11NO3. The molecule has 0 aliphatic rings. The lowest BCUT2D eigenvalue weighted by molar-refractivity contribution is -0.116. The van der Waals surface area contributed by atoms with E-state index in [0.29, 0.717) is 5.56 Å². The van der Waals surface area contributed by atoms with Gasteiger partial charge >= 0.3 is 0 Å². The number of carbonyl (C=O) groups excluding carboxylic acids is 1. The average Bonchev–Trinajstić information content (AvgIpc) is 2.28. The first-order valence-corrected chi connectivity index (χ1v) is 4.55. The minimum absolute atomic E-state index is 0.171. The standard InChI is InChI=1S/C12H11NO3/c1-2-7-13-12(16)6-4-9-3-5-10(14)11(15)8-9/h1,3-6,8,14-15H,7H2,(H,13,16). The summed E-state index contributed by atoms with van der Waals surface area (Å²) < 4.78 is 0. The van der Waals surface area contributed by atoms with Gasteiger partial charge in [-0.15, -0.1) is 6.42 Å². The van der Waals surface area contributed by atoms with Crippen molar-refractivity contribution in [2.24, 2.45) is 0 Å². The van der Waals surface area contributed by atoms with E-state index in [-0.39, 0.29) is 24.0 Å². The summed E-state index contributed by atoms with van der Waals surface area (Å²) in [5.74, 6) is 1.53. The number of amides is 1. The first-order valence-electron chi connectivity index (χ1n) is 4.55. The minimum Gasteiger partial charge on any atom is -0.504 e. The molecule has 3 N–H and O–H groups in total. The van der Waals surface area contributed by atoms with Gasteiger partial charge in [0, 0.05) is 6.08 Å². The number of aromatic hydroxyl groups is 2. The van der Waals surface area contributed by atoms with Gasteiger partial charge in [-0.25, -0.2) is 0 Å². The molecule has 82 valence electrons. The molecule has 1 aromatic rings. The van der Waals surface area contributed by atoms with Crippen LogP contribution in [0.3, 0.4) is 0 Å². The van der Waals surface area contributed by atoms with E-state index in [4.69, 9.17) is 11.5 Å². The lowest BCUT2D eigenvalue weighted by atomic mass is 10.2. The Hall–Kier alpha value is -2.41. The third kappa shape index (κ3) is 3.39. The van der Waals surface area contributed by atoms with Gasteiger partial charge in [-0.2, -0.15) is 0 Å². The molecule has 0 aliphatic carbocycles. The highest BCUT2D eigenvalue weighted by Gasteiger charge is 1.98. The third-order valence-electron chi connectivity index (χ3n) is 1.79. The van der Waals surface area contributed by atoms with Crippen molar-refractivity contribution in [1.29, 1.82) is 0 Å². The number of hydrogen-bond donors (Lipinski definition) is 3. The van der Waals surface area contributed by atoms with E-state index >= 15 is 0 Å². The normalized spacial score (nSPS) is 9.94. The van der Waals surface area contributed by atoms with Crippen molar-refractivity contribution in [1.82, 2.24) is 5.32 Å². The van der Waals surface area contributed by atoms with Gasteiger partial charge in [0.25, 0.3) is 0 Å². The number of phenols is 2. The largest absolute Gasteiger partial charge is 0.504 e. The topological polar surface area (TPSA) is 69.6 Å². The fourth-order valence-corrected chi connectivity index (χ4v) is 1.01. The van der Waals surface area contributed by atoms with Gasteiger partial charge in [-0.3, -0.25) is 4.79 Å². The fraction of sp³-hybridized carbons (Fsp3) is 0.0833. The predicted molar refractivity (Wildman–Crippen MR) is 60.6 cm³/mol. The Morgan fingerprint density at radius 1 is 1.44 bits per heavy atom. The van der Waals surface area contributed by atoms with Crippen LogP contribution in [0.2, 0.25) is 0 Å². The van der Waals surface area contributed by atoms with Gasteiger partial charge in [-0.05, 0) is 23.8 Å². The summed E-state index contributed by atoms with van der Waals surface area (Å²) in [5.41, 5.74) is 0.603. The van der Waals surface area contributed by atoms with Crippen molar-refractivity contribution in [3.05, 3.63) is 29.8 Å². The van der Waals surface area contributed by atoms with Crippen LogP contribution < -0.4 is 5.32 Å². The second kappa shape index (κ2) is 5.47. The van der Waals surface area contributed by atoms with Gasteiger partial charge in [0.1, 0.15) is 0 Å². The van der Waals surface area contributed by atoms with Crippen LogP contribution in [-0.4, -0.2) is 22.7 Å². The quantitative estimate of drug-likeness (QED) is 0.399. The summed E-state index contributed by atoms with van der Waals surface area (Å²) in [6.07, 6.45) is 7.77. The van der Waals surface area contributed by atoms with E-state index in [9.17, 15) is 9.90 Å². The molecule has 0 saturated carbocycles. The fourth-order valence-electron chi connectivity index (χ4n) is 1.01. The van der Waals surface area contributed by atoms with Crippen molar-refractivity contribution in [2.75, 3.05) is 6.54 Å². The van der Waals surface area contributed by atoms with Crippen LogP contribution in [-0.2, 0) is 4.79 Å². The van der Waals surface area contributed by atoms with Crippen LogP contribution in [0.1, 0.15) is 5.56 Å². The van der Waals surface area contributed by atoms with E-state index in [2.05, 4.69) is 11.2 Å². The summed E-state index contributed by atoms with van der Waals surface area (Å²) in [6, 6.07) is 4.26. The van der Waals surface area contributed by atoms with Crippen molar-refractivity contribution in [3.8, 4) is 23.8 Å². The highest BCUT2D eigenvalue weighted by molar-refractivity contribution is 5.91. The van der Waals surface area contributed by atoms with Gasteiger partial charge in [0.05, 0.1) is 6.54 Å². The van der Waals surface area contributed by atoms with Gasteiger partial charge in [0.2, 0.25) is 5.91 Å². The molecule has 0 unspecified atom stereocenters. The van der Waals surface area contributed by atoms with Crippen molar-refractivity contribution >= 4 is 12.0 Å². The number of rotatable bonds is 3. The molecule has 0 fully saturated rings. The lowest BCUT2D eigenvalue weighted by Gasteiger charge is -1.98. The minimum atomic E-state index is -0.314. The summed E-state index contributed by atoms with van der Waals surface area (Å²) in [4.78, 5) is 11.1. The number of benzene rings is 1. The van der Waals surface area contributed by atoms with Crippen LogP contribution in [0.25, 0.3) is 6.08 Å². The molecule has 0 heterocycles. The van der Waals surface area contributed by atoms with Crippen LogP contribution in [0, 0.1) is 12.3 Å². The molecular weight excluding hydrogens is 206 g/mol. The zero-order valence-corrected chi connectivity index (χ0v) is 8.47. The molecule has 4 heteroatoms. The predicted octanol–water partition coefficient (Wildman–Crippen LogP) is 0.860. The molecule has 0 saturated heterocycles. The number of phenolic OH excluding ortho intramolecular Hbond substituents is 2. The van der Waals surface area contributed by atoms with E-state index in [1.807, 2.05) is 0 Å². The highest BCUT2D eigenvalue weighted by atomic mass is 16.3. The Kier molecular flexibility index (Phi) is 3.98. The third-order valence-corrected chi connectivity index (χ3v) is 1.79. The van der Waals surface area contributed by atoms with Gasteiger partial charge in [-0.1, -0.05) is 12.0 Å². The monoisotopic (exact) mass is 217 g/mol. The molecule has 1 aromatic carbocycles. The molecule has 0 radical (unpaired) electrons. The van der Waals surface area contributed by atoms with Crippen LogP contribution in [0.15, 0.2) is 24.3 Å². The average molecular weight is 217 g/mol. The Labute approximate surface area is 93.2 Å². The summed E-state index contributed by atoms with van der Waals surface area (Å²) >= 11 is 0. The Balaban J connectivity index is 2.66. The molecule has 1 rings (SSSR count). The maximum Gasteiger partial charge on any atom is 0.244 e. The molecule has 0 spiro atoms. The van der Waals surface area contributed by atoms with Gasteiger partial charge < -0.3 is 15.5 Å². The Morgan fingerprint density at radius 3 is 2.81 bits per heavy atom. The van der Waals surface area contributed by atoms with Crippen molar-refractivity contribution in [3.63, 3.8) is 0 Å². The highest BCUT2D eigenvalue weighted by Crippen LogP contribution is 2.25. The lowest BCUT2D eigenvalue weighted by Crippen LogP contribution is -2.20. The van der Waals surface area contributed by atoms with Crippen LogP contribution >= 0.6 is 0 Å². The van der Waals surface area contributed by atoms with E-state index in [1.54, 1.807) is 6.07 Å². The van der Waals surface area contributed by atoms with Crippen LogP contribution in [0.5, 0.6) is 11.5 Å². The first-order chi connectivity index (χ1) is 7.63. The zero-order valence-electron chi connectivity index (χ0n) is 8.47. The zero-order chi connectivity index (χ0) is 12.0. The molecule has 0 aliphatic heterocycles. The summed E-state index contributed by atoms with van der Waals surface area (Å²) in [5, 5.41) is 20.7.